The normalized spacial score (nSPS) is 12.8. The highest BCUT2D eigenvalue weighted by Gasteiger charge is 2.17. The molecule has 0 spiro atoms. The summed E-state index contributed by atoms with van der Waals surface area (Å²) < 4.78 is 43.6. The number of benzene rings is 7. The van der Waals surface area contributed by atoms with Crippen LogP contribution in [-0.2, 0) is 0 Å². The number of hydrogen-bond donors (Lipinski definition) is 0. The Morgan fingerprint density at radius 2 is 0.932 bits per heavy atom. The molecule has 0 amide bonds. The summed E-state index contributed by atoms with van der Waals surface area (Å²) in [6.45, 7) is 0. The lowest BCUT2D eigenvalue weighted by Crippen LogP contribution is -2.10. The van der Waals surface area contributed by atoms with Gasteiger partial charge in [0, 0.05) is 33.5 Å². The van der Waals surface area contributed by atoms with Crippen molar-refractivity contribution in [1.29, 1.82) is 0 Å². The predicted octanol–water partition coefficient (Wildman–Crippen LogP) is 11.6. The molecule has 0 aliphatic carbocycles. The Kier molecular flexibility index (Phi) is 5.27. The van der Waals surface area contributed by atoms with Gasteiger partial charge >= 0.3 is 0 Å². The molecule has 0 N–H and O–H groups in total. The molecule has 8 aromatic rings. The quantitative estimate of drug-likeness (QED) is 0.194. The molecule has 0 unspecified atom stereocenters. The van der Waals surface area contributed by atoms with E-state index < -0.39 is 6.04 Å². The zero-order chi connectivity index (χ0) is 33.6. The molecule has 0 saturated carbocycles. The van der Waals surface area contributed by atoms with Gasteiger partial charge in [-0.25, -0.2) is 0 Å². The average molecular weight is 568 g/mol. The van der Waals surface area contributed by atoms with Crippen molar-refractivity contribution in [1.82, 2.24) is 4.57 Å². The molecule has 7 aromatic carbocycles. The molecule has 208 valence electrons. The molecule has 0 atom stereocenters. The molecule has 2 nitrogen and oxygen atoms in total. The number of aromatic nitrogens is 1. The van der Waals surface area contributed by atoms with E-state index in [0.29, 0.717) is 5.56 Å². The Bertz CT molecular complexity index is 2440. The largest absolute Gasteiger partial charge is 0.310 e. The molecule has 0 radical (unpaired) electrons. The summed E-state index contributed by atoms with van der Waals surface area (Å²) in [5, 5.41) is 2.33. The van der Waals surface area contributed by atoms with E-state index in [1.165, 1.54) is 5.39 Å². The Balaban J connectivity index is 1.31. The van der Waals surface area contributed by atoms with Gasteiger partial charge in [0.25, 0.3) is 0 Å². The summed E-state index contributed by atoms with van der Waals surface area (Å²) >= 11 is 0. The SMILES string of the molecule is [2H]c1c([2H])c([2H])c(-c2ccc(N(c3ccc(-c4ccccc4)cc3)c3ccc4c5ccccc5n(-c5ccccc5)c4c3)cc2)c([2H])c1[2H]. The van der Waals surface area contributed by atoms with Crippen LogP contribution >= 0.6 is 0 Å². The van der Waals surface area contributed by atoms with Gasteiger partial charge < -0.3 is 9.47 Å². The lowest BCUT2D eigenvalue weighted by Gasteiger charge is -2.26. The predicted molar refractivity (Wildman–Crippen MR) is 186 cm³/mol. The van der Waals surface area contributed by atoms with Gasteiger partial charge in [-0.2, -0.15) is 0 Å². The maximum Gasteiger partial charge on any atom is 0.0629 e. The van der Waals surface area contributed by atoms with Gasteiger partial charge in [-0.15, -0.1) is 0 Å². The van der Waals surface area contributed by atoms with Gasteiger partial charge in [0.05, 0.1) is 17.9 Å². The molecule has 0 fully saturated rings. The van der Waals surface area contributed by atoms with Crippen LogP contribution in [0.4, 0.5) is 17.1 Å². The smallest absolute Gasteiger partial charge is 0.0629 e. The third kappa shape index (κ3) is 4.63. The molecular weight excluding hydrogens is 532 g/mol. The number of rotatable bonds is 6. The van der Waals surface area contributed by atoms with Crippen molar-refractivity contribution in [2.75, 3.05) is 4.90 Å². The van der Waals surface area contributed by atoms with Gasteiger partial charge in [0.1, 0.15) is 0 Å². The summed E-state index contributed by atoms with van der Waals surface area (Å²) in [6.07, 6.45) is 0. The van der Waals surface area contributed by atoms with Crippen molar-refractivity contribution in [2.45, 2.75) is 0 Å². The Labute approximate surface area is 264 Å². The fourth-order valence-electron chi connectivity index (χ4n) is 6.01. The Morgan fingerprint density at radius 3 is 1.61 bits per heavy atom. The first-order valence-corrected chi connectivity index (χ1v) is 14.6. The van der Waals surface area contributed by atoms with Gasteiger partial charge in [-0.1, -0.05) is 127 Å². The maximum absolute atomic E-state index is 8.50. The maximum atomic E-state index is 8.50. The first-order chi connectivity index (χ1) is 23.9. The van der Waals surface area contributed by atoms with E-state index in [1.54, 1.807) is 0 Å². The van der Waals surface area contributed by atoms with E-state index in [4.69, 9.17) is 6.85 Å². The van der Waals surface area contributed by atoms with Gasteiger partial charge in [-0.05, 0) is 76.9 Å². The van der Waals surface area contributed by atoms with E-state index >= 15 is 0 Å². The van der Waals surface area contributed by atoms with E-state index in [1.807, 2.05) is 48.5 Å². The second-order valence-electron chi connectivity index (χ2n) is 10.7. The highest BCUT2D eigenvalue weighted by Crippen LogP contribution is 2.40. The molecule has 0 bridgehead atoms. The third-order valence-corrected chi connectivity index (χ3v) is 8.08. The standard InChI is InChI=1S/C42H30N2/c1-4-12-31(13-5-1)33-20-24-36(25-21-33)43(37-26-22-34(23-27-37)32-14-6-2-7-15-32)38-28-29-40-39-18-10-11-19-41(39)44(42(40)30-38)35-16-8-3-9-17-35/h1-30H/i1D,4D,5D,12D,13D. The molecule has 1 heterocycles. The zero-order valence-corrected chi connectivity index (χ0v) is 23.8. The topological polar surface area (TPSA) is 8.17 Å². The van der Waals surface area contributed by atoms with Crippen LogP contribution in [-0.4, -0.2) is 4.57 Å². The first kappa shape index (κ1) is 20.9. The first-order valence-electron chi connectivity index (χ1n) is 17.1. The fraction of sp³-hybridized carbons (Fsp3) is 0. The molecule has 1 aromatic heterocycles. The minimum absolute atomic E-state index is 0.185. The van der Waals surface area contributed by atoms with Gasteiger partial charge in [0.2, 0.25) is 0 Å². The van der Waals surface area contributed by atoms with Crippen molar-refractivity contribution < 1.29 is 6.85 Å². The Morgan fingerprint density at radius 1 is 0.409 bits per heavy atom. The highest BCUT2D eigenvalue weighted by atomic mass is 15.1. The van der Waals surface area contributed by atoms with E-state index in [9.17, 15) is 0 Å². The van der Waals surface area contributed by atoms with Crippen LogP contribution in [0.1, 0.15) is 6.85 Å². The van der Waals surface area contributed by atoms with Crippen molar-refractivity contribution >= 4 is 38.9 Å². The lowest BCUT2D eigenvalue weighted by molar-refractivity contribution is 1.18. The molecule has 2 heteroatoms. The summed E-state index contributed by atoms with van der Waals surface area (Å²) in [4.78, 5) is 2.19. The van der Waals surface area contributed by atoms with Crippen molar-refractivity contribution in [2.24, 2.45) is 0 Å². The fourth-order valence-corrected chi connectivity index (χ4v) is 6.01. The summed E-state index contributed by atoms with van der Waals surface area (Å²) in [6, 6.07) is 50.1. The molecule has 44 heavy (non-hydrogen) atoms. The monoisotopic (exact) mass is 567 g/mol. The van der Waals surface area contributed by atoms with E-state index in [2.05, 4.69) is 113 Å². The van der Waals surface area contributed by atoms with Gasteiger partial charge in [-0.3, -0.25) is 0 Å². The van der Waals surface area contributed by atoms with Crippen LogP contribution in [0.25, 0.3) is 49.7 Å². The van der Waals surface area contributed by atoms with E-state index in [-0.39, 0.29) is 29.7 Å². The summed E-state index contributed by atoms with van der Waals surface area (Å²) in [7, 11) is 0. The summed E-state index contributed by atoms with van der Waals surface area (Å²) in [5.74, 6) is 0. The number of para-hydroxylation sites is 2. The number of fused-ring (bicyclic) bond motifs is 3. The number of nitrogens with zero attached hydrogens (tertiary/aromatic N) is 2. The van der Waals surface area contributed by atoms with Crippen LogP contribution < -0.4 is 4.90 Å². The third-order valence-electron chi connectivity index (χ3n) is 8.08. The zero-order valence-electron chi connectivity index (χ0n) is 28.8. The molecule has 0 saturated heterocycles. The van der Waals surface area contributed by atoms with Crippen LogP contribution in [0.15, 0.2) is 182 Å². The van der Waals surface area contributed by atoms with Crippen molar-refractivity contribution in [3.8, 4) is 27.9 Å². The summed E-state index contributed by atoms with van der Waals surface area (Å²) in [5.41, 5.74) is 9.04. The van der Waals surface area contributed by atoms with Crippen LogP contribution in [0.5, 0.6) is 0 Å². The second-order valence-corrected chi connectivity index (χ2v) is 10.7. The lowest BCUT2D eigenvalue weighted by atomic mass is 10.0. The molecule has 8 rings (SSSR count). The highest BCUT2D eigenvalue weighted by molar-refractivity contribution is 6.10. The van der Waals surface area contributed by atoms with Crippen LogP contribution in [0.3, 0.4) is 0 Å². The molecule has 0 aliphatic rings. The minimum atomic E-state index is -0.399. The minimum Gasteiger partial charge on any atom is -0.310 e. The second kappa shape index (κ2) is 11.1. The van der Waals surface area contributed by atoms with Crippen molar-refractivity contribution in [3.05, 3.63) is 182 Å². The van der Waals surface area contributed by atoms with Crippen LogP contribution in [0.2, 0.25) is 0 Å². The van der Waals surface area contributed by atoms with Crippen LogP contribution in [0, 0.1) is 0 Å². The molecule has 0 aliphatic heterocycles. The van der Waals surface area contributed by atoms with Gasteiger partial charge in [0.15, 0.2) is 0 Å². The Hall–Kier alpha value is -5.86. The van der Waals surface area contributed by atoms with Crippen molar-refractivity contribution in [3.63, 3.8) is 0 Å². The average Bonchev–Trinajstić information content (AvgIpc) is 3.49. The molecular formula is C42H30N2. The number of anilines is 3. The number of hydrogen-bond acceptors (Lipinski definition) is 1. The van der Waals surface area contributed by atoms with E-state index in [0.717, 1.165) is 50.3 Å².